The summed E-state index contributed by atoms with van der Waals surface area (Å²) in [5.74, 6) is 0.844. The molecule has 1 N–H and O–H groups in total. The van der Waals surface area contributed by atoms with Gasteiger partial charge in [0.2, 0.25) is 0 Å². The standard InChI is InChI=1S/C11H17N3/c1-14(9-11-6-13-7-11)8-10-3-2-4-12-5-10/h2-5,11,13H,6-9H2,1H3. The Balaban J connectivity index is 1.79. The minimum Gasteiger partial charge on any atom is -0.316 e. The van der Waals surface area contributed by atoms with E-state index in [1.165, 1.54) is 25.2 Å². The molecule has 76 valence electrons. The van der Waals surface area contributed by atoms with Crippen LogP contribution in [0.25, 0.3) is 0 Å². The van der Waals surface area contributed by atoms with Crippen molar-refractivity contribution in [3.8, 4) is 0 Å². The Morgan fingerprint density at radius 1 is 1.57 bits per heavy atom. The summed E-state index contributed by atoms with van der Waals surface area (Å²) in [6, 6.07) is 4.12. The third-order valence-corrected chi connectivity index (χ3v) is 2.61. The Bertz CT molecular complexity index is 269. The van der Waals surface area contributed by atoms with E-state index >= 15 is 0 Å². The van der Waals surface area contributed by atoms with Crippen LogP contribution in [0.2, 0.25) is 0 Å². The van der Waals surface area contributed by atoms with E-state index < -0.39 is 0 Å². The van der Waals surface area contributed by atoms with Crippen molar-refractivity contribution in [2.75, 3.05) is 26.7 Å². The zero-order valence-corrected chi connectivity index (χ0v) is 8.61. The van der Waals surface area contributed by atoms with Crippen molar-refractivity contribution in [3.05, 3.63) is 30.1 Å². The van der Waals surface area contributed by atoms with Gasteiger partial charge in [0.05, 0.1) is 0 Å². The van der Waals surface area contributed by atoms with Crippen LogP contribution < -0.4 is 5.32 Å². The largest absolute Gasteiger partial charge is 0.316 e. The second-order valence-corrected chi connectivity index (χ2v) is 4.08. The number of aromatic nitrogens is 1. The summed E-state index contributed by atoms with van der Waals surface area (Å²) in [5.41, 5.74) is 1.29. The van der Waals surface area contributed by atoms with Gasteiger partial charge < -0.3 is 10.2 Å². The maximum absolute atomic E-state index is 4.11. The molecule has 3 heteroatoms. The van der Waals surface area contributed by atoms with Gasteiger partial charge in [-0.2, -0.15) is 0 Å². The molecule has 0 spiro atoms. The van der Waals surface area contributed by atoms with Gasteiger partial charge in [-0.1, -0.05) is 6.07 Å². The highest BCUT2D eigenvalue weighted by Gasteiger charge is 2.18. The third kappa shape index (κ3) is 2.53. The smallest absolute Gasteiger partial charge is 0.0312 e. The van der Waals surface area contributed by atoms with E-state index in [-0.39, 0.29) is 0 Å². The van der Waals surface area contributed by atoms with Crippen LogP contribution in [0, 0.1) is 5.92 Å². The molecule has 1 aromatic rings. The molecule has 0 atom stereocenters. The Morgan fingerprint density at radius 2 is 2.43 bits per heavy atom. The molecule has 2 rings (SSSR count). The fourth-order valence-electron chi connectivity index (χ4n) is 1.79. The van der Waals surface area contributed by atoms with E-state index in [1.807, 2.05) is 18.5 Å². The Morgan fingerprint density at radius 3 is 3.00 bits per heavy atom. The maximum Gasteiger partial charge on any atom is 0.0312 e. The molecule has 0 bridgehead atoms. The molecule has 1 saturated heterocycles. The van der Waals surface area contributed by atoms with Crippen molar-refractivity contribution >= 4 is 0 Å². The highest BCUT2D eigenvalue weighted by atomic mass is 15.1. The molecule has 3 nitrogen and oxygen atoms in total. The van der Waals surface area contributed by atoms with Gasteiger partial charge in [0, 0.05) is 38.6 Å². The summed E-state index contributed by atoms with van der Waals surface area (Å²) in [6.07, 6.45) is 3.76. The molecule has 1 fully saturated rings. The minimum atomic E-state index is 0.844. The summed E-state index contributed by atoms with van der Waals surface area (Å²) < 4.78 is 0. The lowest BCUT2D eigenvalue weighted by Crippen LogP contribution is -2.47. The summed E-state index contributed by atoms with van der Waals surface area (Å²) in [4.78, 5) is 6.48. The Labute approximate surface area is 85.1 Å². The van der Waals surface area contributed by atoms with Crippen molar-refractivity contribution < 1.29 is 0 Å². The lowest BCUT2D eigenvalue weighted by Gasteiger charge is -2.31. The van der Waals surface area contributed by atoms with E-state index in [1.54, 1.807) is 0 Å². The summed E-state index contributed by atoms with van der Waals surface area (Å²) in [5, 5.41) is 3.29. The molecule has 0 saturated carbocycles. The molecule has 1 aliphatic rings. The van der Waals surface area contributed by atoms with Crippen molar-refractivity contribution in [3.63, 3.8) is 0 Å². The van der Waals surface area contributed by atoms with Gasteiger partial charge in [0.25, 0.3) is 0 Å². The zero-order chi connectivity index (χ0) is 9.80. The summed E-state index contributed by atoms with van der Waals surface area (Å²) in [6.45, 7) is 4.54. The van der Waals surface area contributed by atoms with Crippen LogP contribution in [0.15, 0.2) is 24.5 Å². The fourth-order valence-corrected chi connectivity index (χ4v) is 1.79. The highest BCUT2D eigenvalue weighted by molar-refractivity contribution is 5.07. The van der Waals surface area contributed by atoms with Crippen molar-refractivity contribution in [2.24, 2.45) is 5.92 Å². The van der Waals surface area contributed by atoms with Gasteiger partial charge >= 0.3 is 0 Å². The van der Waals surface area contributed by atoms with E-state index in [4.69, 9.17) is 0 Å². The number of nitrogens with one attached hydrogen (secondary N) is 1. The Kier molecular flexibility index (Phi) is 3.11. The molecular weight excluding hydrogens is 174 g/mol. The topological polar surface area (TPSA) is 28.2 Å². The predicted molar refractivity (Wildman–Crippen MR) is 56.9 cm³/mol. The van der Waals surface area contributed by atoms with Crippen LogP contribution in [0.3, 0.4) is 0 Å². The number of pyridine rings is 1. The van der Waals surface area contributed by atoms with Gasteiger partial charge in [0.1, 0.15) is 0 Å². The fraction of sp³-hybridized carbons (Fsp3) is 0.545. The molecular formula is C11H17N3. The van der Waals surface area contributed by atoms with Gasteiger partial charge in [0.15, 0.2) is 0 Å². The monoisotopic (exact) mass is 191 g/mol. The van der Waals surface area contributed by atoms with Crippen LogP contribution in [0.1, 0.15) is 5.56 Å². The van der Waals surface area contributed by atoms with Crippen LogP contribution >= 0.6 is 0 Å². The molecule has 1 aromatic heterocycles. The lowest BCUT2D eigenvalue weighted by molar-refractivity contribution is 0.218. The van der Waals surface area contributed by atoms with Crippen LogP contribution in [0.5, 0.6) is 0 Å². The second kappa shape index (κ2) is 4.53. The first-order chi connectivity index (χ1) is 6.84. The van der Waals surface area contributed by atoms with Crippen molar-refractivity contribution in [2.45, 2.75) is 6.54 Å². The number of rotatable bonds is 4. The molecule has 0 radical (unpaired) electrons. The lowest BCUT2D eigenvalue weighted by atomic mass is 10.0. The number of hydrogen-bond acceptors (Lipinski definition) is 3. The summed E-state index contributed by atoms with van der Waals surface area (Å²) in [7, 11) is 2.17. The van der Waals surface area contributed by atoms with E-state index in [9.17, 15) is 0 Å². The SMILES string of the molecule is CN(Cc1cccnc1)CC1CNC1. The van der Waals surface area contributed by atoms with Crippen LogP contribution in [-0.2, 0) is 6.54 Å². The molecule has 0 amide bonds. The molecule has 0 unspecified atom stereocenters. The van der Waals surface area contributed by atoms with Crippen LogP contribution in [-0.4, -0.2) is 36.6 Å². The summed E-state index contributed by atoms with van der Waals surface area (Å²) >= 11 is 0. The average molecular weight is 191 g/mol. The van der Waals surface area contributed by atoms with Gasteiger partial charge in [-0.15, -0.1) is 0 Å². The van der Waals surface area contributed by atoms with Gasteiger partial charge in [-0.05, 0) is 24.6 Å². The molecule has 1 aliphatic heterocycles. The number of hydrogen-bond donors (Lipinski definition) is 1. The average Bonchev–Trinajstić information content (AvgIpc) is 2.13. The maximum atomic E-state index is 4.11. The van der Waals surface area contributed by atoms with Gasteiger partial charge in [-0.25, -0.2) is 0 Å². The first kappa shape index (κ1) is 9.62. The second-order valence-electron chi connectivity index (χ2n) is 4.08. The van der Waals surface area contributed by atoms with Crippen molar-refractivity contribution in [1.29, 1.82) is 0 Å². The van der Waals surface area contributed by atoms with E-state index in [2.05, 4.69) is 28.3 Å². The third-order valence-electron chi connectivity index (χ3n) is 2.61. The number of nitrogens with zero attached hydrogens (tertiary/aromatic N) is 2. The normalized spacial score (nSPS) is 17.0. The minimum absolute atomic E-state index is 0.844. The molecule has 0 aromatic carbocycles. The first-order valence-electron chi connectivity index (χ1n) is 5.13. The molecule has 0 aliphatic carbocycles. The Hall–Kier alpha value is -0.930. The zero-order valence-electron chi connectivity index (χ0n) is 8.61. The van der Waals surface area contributed by atoms with Gasteiger partial charge in [-0.3, -0.25) is 4.98 Å². The highest BCUT2D eigenvalue weighted by Crippen LogP contribution is 2.07. The first-order valence-corrected chi connectivity index (χ1v) is 5.13. The molecule has 14 heavy (non-hydrogen) atoms. The van der Waals surface area contributed by atoms with E-state index in [0.29, 0.717) is 0 Å². The van der Waals surface area contributed by atoms with Crippen molar-refractivity contribution in [1.82, 2.24) is 15.2 Å². The predicted octanol–water partition coefficient (Wildman–Crippen LogP) is 0.733. The van der Waals surface area contributed by atoms with Crippen LogP contribution in [0.4, 0.5) is 0 Å². The quantitative estimate of drug-likeness (QED) is 0.760. The molecule has 2 heterocycles. The van der Waals surface area contributed by atoms with E-state index in [0.717, 1.165) is 12.5 Å².